The number of anilines is 1. The number of allylic oxidation sites excluding steroid dienone is 3. The Bertz CT molecular complexity index is 827. The van der Waals surface area contributed by atoms with Crippen molar-refractivity contribution in [3.05, 3.63) is 53.3 Å². The molecule has 0 atom stereocenters. The quantitative estimate of drug-likeness (QED) is 0.821. The molecule has 2 aliphatic rings. The Morgan fingerprint density at radius 2 is 2.08 bits per heavy atom. The molecule has 0 spiro atoms. The van der Waals surface area contributed by atoms with Gasteiger partial charge in [-0.3, -0.25) is 4.90 Å². The van der Waals surface area contributed by atoms with E-state index in [1.807, 2.05) is 0 Å². The molecule has 2 aromatic heterocycles. The molecule has 4 heterocycles. The molecule has 130 valence electrons. The van der Waals surface area contributed by atoms with Crippen LogP contribution in [0, 0.1) is 6.92 Å². The first-order valence-corrected chi connectivity index (χ1v) is 9.93. The summed E-state index contributed by atoms with van der Waals surface area (Å²) >= 11 is 1.73. The third kappa shape index (κ3) is 3.53. The van der Waals surface area contributed by atoms with Crippen molar-refractivity contribution in [1.29, 1.82) is 0 Å². The minimum Gasteiger partial charge on any atom is -0.321 e. The Hall–Kier alpha value is -1.98. The first kappa shape index (κ1) is 16.5. The number of piperidine rings is 1. The van der Waals surface area contributed by atoms with E-state index in [0.29, 0.717) is 0 Å². The number of fused-ring (bicyclic) bond motifs is 1. The van der Waals surface area contributed by atoms with E-state index in [9.17, 15) is 0 Å². The Kier molecular flexibility index (Phi) is 4.95. The number of aryl methyl sites for hydroxylation is 1. The zero-order chi connectivity index (χ0) is 17.1. The van der Waals surface area contributed by atoms with Gasteiger partial charge in [0, 0.05) is 18.8 Å². The predicted octanol–water partition coefficient (Wildman–Crippen LogP) is 4.30. The molecule has 0 aliphatic carbocycles. The van der Waals surface area contributed by atoms with Crippen molar-refractivity contribution in [3.8, 4) is 0 Å². The molecular formula is C20H24N4S. The van der Waals surface area contributed by atoms with Gasteiger partial charge < -0.3 is 4.90 Å². The van der Waals surface area contributed by atoms with Gasteiger partial charge in [-0.05, 0) is 56.0 Å². The largest absolute Gasteiger partial charge is 0.321 e. The summed E-state index contributed by atoms with van der Waals surface area (Å²) in [4.78, 5) is 13.9. The lowest BCUT2D eigenvalue weighted by Gasteiger charge is -2.27. The molecule has 25 heavy (non-hydrogen) atoms. The zero-order valence-electron chi connectivity index (χ0n) is 14.7. The zero-order valence-corrected chi connectivity index (χ0v) is 15.5. The lowest BCUT2D eigenvalue weighted by atomic mass is 10.1. The second-order valence-corrected chi connectivity index (χ2v) is 7.57. The Morgan fingerprint density at radius 3 is 2.96 bits per heavy atom. The van der Waals surface area contributed by atoms with Crippen LogP contribution in [0.15, 0.2) is 47.8 Å². The fraction of sp³-hybridized carbons (Fsp3) is 0.400. The highest BCUT2D eigenvalue weighted by Crippen LogP contribution is 2.33. The molecule has 2 aromatic rings. The van der Waals surface area contributed by atoms with Crippen LogP contribution in [0.2, 0.25) is 0 Å². The van der Waals surface area contributed by atoms with Gasteiger partial charge in [0.15, 0.2) is 5.82 Å². The Labute approximate surface area is 153 Å². The molecule has 5 heteroatoms. The molecule has 0 bridgehead atoms. The van der Waals surface area contributed by atoms with Gasteiger partial charge in [-0.25, -0.2) is 9.97 Å². The van der Waals surface area contributed by atoms with E-state index < -0.39 is 0 Å². The maximum absolute atomic E-state index is 4.60. The second kappa shape index (κ2) is 7.50. The highest BCUT2D eigenvalue weighted by Gasteiger charge is 2.17. The van der Waals surface area contributed by atoms with Crippen molar-refractivity contribution < 1.29 is 0 Å². The summed E-state index contributed by atoms with van der Waals surface area (Å²) < 4.78 is 1.17. The number of thiophene rings is 1. The third-order valence-corrected chi connectivity index (χ3v) is 5.95. The van der Waals surface area contributed by atoms with Gasteiger partial charge in [0.05, 0.1) is 10.2 Å². The minimum absolute atomic E-state index is 0.850. The topological polar surface area (TPSA) is 32.3 Å². The van der Waals surface area contributed by atoms with Crippen molar-refractivity contribution in [1.82, 2.24) is 14.9 Å². The minimum atomic E-state index is 0.850. The van der Waals surface area contributed by atoms with Crippen LogP contribution in [0.4, 0.5) is 5.82 Å². The van der Waals surface area contributed by atoms with Gasteiger partial charge in [0.2, 0.25) is 0 Å². The van der Waals surface area contributed by atoms with E-state index in [1.165, 1.54) is 48.3 Å². The normalized spacial score (nSPS) is 19.1. The average molecular weight is 353 g/mol. The van der Waals surface area contributed by atoms with Gasteiger partial charge in [-0.15, -0.1) is 11.3 Å². The van der Waals surface area contributed by atoms with Crippen molar-refractivity contribution in [2.45, 2.75) is 26.2 Å². The van der Waals surface area contributed by atoms with Gasteiger partial charge in [-0.1, -0.05) is 24.6 Å². The molecule has 0 amide bonds. The number of rotatable bonds is 4. The summed E-state index contributed by atoms with van der Waals surface area (Å²) in [6, 6.07) is 0. The Morgan fingerprint density at radius 1 is 1.20 bits per heavy atom. The molecule has 0 radical (unpaired) electrons. The summed E-state index contributed by atoms with van der Waals surface area (Å²) in [5.41, 5.74) is 3.49. The van der Waals surface area contributed by atoms with E-state index in [2.05, 4.69) is 62.5 Å². The van der Waals surface area contributed by atoms with Crippen LogP contribution >= 0.6 is 11.3 Å². The SMILES string of the molecule is Cc1csc2c(N3CC=CC=C3C=CCN3CCCCC3)ncnc12. The summed E-state index contributed by atoms with van der Waals surface area (Å²) in [7, 11) is 0. The lowest BCUT2D eigenvalue weighted by Crippen LogP contribution is -2.30. The van der Waals surface area contributed by atoms with Crippen LogP contribution < -0.4 is 4.90 Å². The maximum atomic E-state index is 4.60. The second-order valence-electron chi connectivity index (χ2n) is 6.69. The molecule has 0 N–H and O–H groups in total. The smallest absolute Gasteiger partial charge is 0.154 e. The highest BCUT2D eigenvalue weighted by atomic mass is 32.1. The van der Waals surface area contributed by atoms with E-state index in [0.717, 1.165) is 24.4 Å². The first-order chi connectivity index (χ1) is 12.3. The first-order valence-electron chi connectivity index (χ1n) is 9.05. The van der Waals surface area contributed by atoms with E-state index >= 15 is 0 Å². The molecule has 0 unspecified atom stereocenters. The summed E-state index contributed by atoms with van der Waals surface area (Å²) in [5.74, 6) is 1.02. The predicted molar refractivity (Wildman–Crippen MR) is 106 cm³/mol. The van der Waals surface area contributed by atoms with E-state index in [4.69, 9.17) is 0 Å². The van der Waals surface area contributed by atoms with Crippen molar-refractivity contribution in [2.75, 3.05) is 31.1 Å². The van der Waals surface area contributed by atoms with E-state index in [1.54, 1.807) is 17.7 Å². The van der Waals surface area contributed by atoms with Crippen molar-refractivity contribution in [2.24, 2.45) is 0 Å². The standard InChI is InChI=1S/C20H24N4S/c1-16-14-25-19-18(16)21-15-22-20(19)24-13-6-3-8-17(24)9-7-12-23-10-4-2-5-11-23/h3,6-9,14-15H,2,4-5,10-13H2,1H3. The van der Waals surface area contributed by atoms with Crippen LogP contribution in [0.3, 0.4) is 0 Å². The number of aromatic nitrogens is 2. The molecule has 4 nitrogen and oxygen atoms in total. The van der Waals surface area contributed by atoms with Crippen molar-refractivity contribution >= 4 is 27.4 Å². The maximum Gasteiger partial charge on any atom is 0.154 e. The summed E-state index contributed by atoms with van der Waals surface area (Å²) in [5, 5.41) is 2.16. The Balaban J connectivity index is 1.56. The van der Waals surface area contributed by atoms with Crippen LogP contribution in [-0.2, 0) is 0 Å². The van der Waals surface area contributed by atoms with Crippen molar-refractivity contribution in [3.63, 3.8) is 0 Å². The average Bonchev–Trinajstić information content (AvgIpc) is 3.04. The molecule has 0 aromatic carbocycles. The van der Waals surface area contributed by atoms with Gasteiger partial charge in [0.25, 0.3) is 0 Å². The van der Waals surface area contributed by atoms with Crippen LogP contribution in [0.25, 0.3) is 10.2 Å². The number of hydrogen-bond acceptors (Lipinski definition) is 5. The molecule has 4 rings (SSSR count). The van der Waals surface area contributed by atoms with Crippen LogP contribution in [0.1, 0.15) is 24.8 Å². The summed E-state index contributed by atoms with van der Waals surface area (Å²) in [6.07, 6.45) is 16.8. The molecule has 0 saturated carbocycles. The lowest BCUT2D eigenvalue weighted by molar-refractivity contribution is 0.251. The van der Waals surface area contributed by atoms with Crippen LogP contribution in [0.5, 0.6) is 0 Å². The van der Waals surface area contributed by atoms with E-state index in [-0.39, 0.29) is 0 Å². The van der Waals surface area contributed by atoms with Gasteiger partial charge in [0.1, 0.15) is 6.33 Å². The third-order valence-electron chi connectivity index (χ3n) is 4.87. The monoisotopic (exact) mass is 352 g/mol. The fourth-order valence-corrected chi connectivity index (χ4v) is 4.50. The summed E-state index contributed by atoms with van der Waals surface area (Å²) in [6.45, 7) is 6.46. The van der Waals surface area contributed by atoms with Crippen LogP contribution in [-0.4, -0.2) is 41.0 Å². The number of hydrogen-bond donors (Lipinski definition) is 0. The van der Waals surface area contributed by atoms with Gasteiger partial charge in [-0.2, -0.15) is 0 Å². The fourth-order valence-electron chi connectivity index (χ4n) is 3.50. The molecule has 2 aliphatic heterocycles. The molecular weight excluding hydrogens is 328 g/mol. The molecule has 1 fully saturated rings. The number of nitrogens with zero attached hydrogens (tertiary/aromatic N) is 4. The number of likely N-dealkylation sites (tertiary alicyclic amines) is 1. The molecule has 1 saturated heterocycles. The highest BCUT2D eigenvalue weighted by molar-refractivity contribution is 7.18. The van der Waals surface area contributed by atoms with Gasteiger partial charge >= 0.3 is 0 Å².